The molecule has 136 valence electrons. The lowest BCUT2D eigenvalue weighted by Crippen LogP contribution is -1.91. The fourth-order valence-corrected chi connectivity index (χ4v) is 3.84. The molecule has 2 bridgehead atoms. The summed E-state index contributed by atoms with van der Waals surface area (Å²) in [6.45, 7) is 0. The van der Waals surface area contributed by atoms with Crippen molar-refractivity contribution in [2.75, 3.05) is 0 Å². The Balaban J connectivity index is 1.88. The standard InChI is InChI=1S/C30H16/c1-2-22-11-5-8-16-28(22)25-19-26-21-27(20-25)30-18-10-7-15-24(30)13-4-3-12-23-14-6-9-17-29(23)26/h1,5-11,14-21H. The Hall–Kier alpha value is -4.44. The summed E-state index contributed by atoms with van der Waals surface area (Å²) in [5, 5.41) is 0. The highest BCUT2D eigenvalue weighted by atomic mass is 14.2. The second kappa shape index (κ2) is 7.53. The summed E-state index contributed by atoms with van der Waals surface area (Å²) in [6, 6.07) is 31.1. The summed E-state index contributed by atoms with van der Waals surface area (Å²) >= 11 is 0. The third kappa shape index (κ3) is 3.16. The molecule has 0 spiro atoms. The van der Waals surface area contributed by atoms with Crippen molar-refractivity contribution in [2.24, 2.45) is 0 Å². The number of terminal acetylenes is 1. The zero-order chi connectivity index (χ0) is 20.3. The van der Waals surface area contributed by atoms with E-state index < -0.39 is 0 Å². The van der Waals surface area contributed by atoms with E-state index in [2.05, 4.69) is 66.0 Å². The van der Waals surface area contributed by atoms with Crippen LogP contribution in [0.3, 0.4) is 0 Å². The van der Waals surface area contributed by atoms with Gasteiger partial charge in [-0.15, -0.1) is 6.42 Å². The van der Waals surface area contributed by atoms with Crippen LogP contribution in [-0.2, 0) is 0 Å². The van der Waals surface area contributed by atoms with Gasteiger partial charge < -0.3 is 0 Å². The first-order chi connectivity index (χ1) is 14.8. The first kappa shape index (κ1) is 17.6. The molecule has 4 aromatic carbocycles. The second-order valence-electron chi connectivity index (χ2n) is 7.08. The maximum atomic E-state index is 5.80. The van der Waals surface area contributed by atoms with Crippen molar-refractivity contribution < 1.29 is 0 Å². The van der Waals surface area contributed by atoms with Crippen molar-refractivity contribution in [2.45, 2.75) is 0 Å². The molecule has 4 aromatic rings. The molecule has 0 heterocycles. The molecule has 0 amide bonds. The third-order valence-corrected chi connectivity index (χ3v) is 5.26. The predicted octanol–water partition coefficient (Wildman–Crippen LogP) is 6.39. The van der Waals surface area contributed by atoms with E-state index in [0.717, 1.165) is 50.1 Å². The van der Waals surface area contributed by atoms with Crippen molar-refractivity contribution in [3.8, 4) is 69.4 Å². The van der Waals surface area contributed by atoms with Gasteiger partial charge in [-0.25, -0.2) is 0 Å². The highest BCUT2D eigenvalue weighted by molar-refractivity contribution is 5.86. The molecule has 0 radical (unpaired) electrons. The van der Waals surface area contributed by atoms with Gasteiger partial charge in [0.1, 0.15) is 0 Å². The van der Waals surface area contributed by atoms with Crippen molar-refractivity contribution in [3.63, 3.8) is 0 Å². The Morgan fingerprint density at radius 3 is 1.50 bits per heavy atom. The van der Waals surface area contributed by atoms with Crippen molar-refractivity contribution in [1.29, 1.82) is 0 Å². The second-order valence-corrected chi connectivity index (χ2v) is 7.08. The van der Waals surface area contributed by atoms with Crippen LogP contribution in [0, 0.1) is 36.0 Å². The maximum absolute atomic E-state index is 5.80. The first-order valence-electron chi connectivity index (χ1n) is 9.75. The van der Waals surface area contributed by atoms with Crippen LogP contribution in [0.5, 0.6) is 0 Å². The average molecular weight is 376 g/mol. The predicted molar refractivity (Wildman–Crippen MR) is 124 cm³/mol. The lowest BCUT2D eigenvalue weighted by atomic mass is 9.89. The molecule has 0 unspecified atom stereocenters. The van der Waals surface area contributed by atoms with E-state index in [1.165, 1.54) is 0 Å². The minimum atomic E-state index is 0.881. The topological polar surface area (TPSA) is 0 Å². The summed E-state index contributed by atoms with van der Waals surface area (Å²) in [4.78, 5) is 0. The molecule has 0 aliphatic heterocycles. The van der Waals surface area contributed by atoms with Crippen LogP contribution in [0.1, 0.15) is 16.7 Å². The maximum Gasteiger partial charge on any atom is 0.0334 e. The van der Waals surface area contributed by atoms with Gasteiger partial charge in [-0.2, -0.15) is 0 Å². The van der Waals surface area contributed by atoms with Crippen LogP contribution in [0.25, 0.3) is 33.4 Å². The SMILES string of the molecule is C#Cc1ccccc1-c1cc2cc(c1)-c1ccccc1C#CC#Cc1ccccc1-2. The van der Waals surface area contributed by atoms with Crippen LogP contribution in [-0.4, -0.2) is 0 Å². The number of hydrogen-bond donors (Lipinski definition) is 0. The molecule has 5 rings (SSSR count). The van der Waals surface area contributed by atoms with E-state index in [1.807, 2.05) is 54.6 Å². The van der Waals surface area contributed by atoms with E-state index in [0.29, 0.717) is 0 Å². The third-order valence-electron chi connectivity index (χ3n) is 5.26. The van der Waals surface area contributed by atoms with E-state index >= 15 is 0 Å². The molecule has 0 atom stereocenters. The van der Waals surface area contributed by atoms with Gasteiger partial charge in [0, 0.05) is 16.7 Å². The Morgan fingerprint density at radius 2 is 0.967 bits per heavy atom. The summed E-state index contributed by atoms with van der Waals surface area (Å²) in [6.07, 6.45) is 5.80. The Labute approximate surface area is 177 Å². The molecule has 0 N–H and O–H groups in total. The molecule has 1 aliphatic carbocycles. The van der Waals surface area contributed by atoms with Crippen molar-refractivity contribution in [1.82, 2.24) is 0 Å². The van der Waals surface area contributed by atoms with E-state index in [-0.39, 0.29) is 0 Å². The number of hydrogen-bond acceptors (Lipinski definition) is 0. The van der Waals surface area contributed by atoms with Gasteiger partial charge in [0.25, 0.3) is 0 Å². The van der Waals surface area contributed by atoms with Gasteiger partial charge in [0.05, 0.1) is 0 Å². The van der Waals surface area contributed by atoms with Gasteiger partial charge in [-0.1, -0.05) is 72.4 Å². The van der Waals surface area contributed by atoms with Crippen LogP contribution >= 0.6 is 0 Å². The molecule has 0 heteroatoms. The molecule has 0 saturated carbocycles. The number of benzene rings is 4. The summed E-state index contributed by atoms with van der Waals surface area (Å²) < 4.78 is 0. The highest BCUT2D eigenvalue weighted by Gasteiger charge is 2.13. The molecule has 0 fully saturated rings. The quantitative estimate of drug-likeness (QED) is 0.338. The molecular weight excluding hydrogens is 360 g/mol. The summed E-state index contributed by atoms with van der Waals surface area (Å²) in [7, 11) is 0. The number of fused-ring (bicyclic) bond motifs is 6. The van der Waals surface area contributed by atoms with Crippen LogP contribution in [0.15, 0.2) is 91.0 Å². The minimum Gasteiger partial charge on any atom is -0.115 e. The highest BCUT2D eigenvalue weighted by Crippen LogP contribution is 2.36. The van der Waals surface area contributed by atoms with E-state index in [9.17, 15) is 0 Å². The normalized spacial score (nSPS) is 10.6. The van der Waals surface area contributed by atoms with Gasteiger partial charge in [0.2, 0.25) is 0 Å². The zero-order valence-corrected chi connectivity index (χ0v) is 16.2. The van der Waals surface area contributed by atoms with Crippen molar-refractivity contribution >= 4 is 0 Å². The molecule has 0 nitrogen and oxygen atoms in total. The fourth-order valence-electron chi connectivity index (χ4n) is 3.84. The Morgan fingerprint density at radius 1 is 0.533 bits per heavy atom. The molecule has 30 heavy (non-hydrogen) atoms. The molecular formula is C30H16. The van der Waals surface area contributed by atoms with Gasteiger partial charge >= 0.3 is 0 Å². The average Bonchev–Trinajstić information content (AvgIpc) is 2.83. The van der Waals surface area contributed by atoms with E-state index in [4.69, 9.17) is 6.42 Å². The summed E-state index contributed by atoms with van der Waals surface area (Å²) in [5.74, 6) is 15.3. The molecule has 0 saturated heterocycles. The number of rotatable bonds is 1. The monoisotopic (exact) mass is 376 g/mol. The molecule has 1 aliphatic rings. The Kier molecular flexibility index (Phi) is 4.43. The van der Waals surface area contributed by atoms with E-state index in [1.54, 1.807) is 0 Å². The van der Waals surface area contributed by atoms with Crippen molar-refractivity contribution in [3.05, 3.63) is 108 Å². The first-order valence-corrected chi connectivity index (χ1v) is 9.75. The lowest BCUT2D eigenvalue weighted by molar-refractivity contribution is 1.53. The minimum absolute atomic E-state index is 0.881. The fraction of sp³-hybridized carbons (Fsp3) is 0. The smallest absolute Gasteiger partial charge is 0.0334 e. The Bertz CT molecular complexity index is 1370. The summed E-state index contributed by atoms with van der Waals surface area (Å²) in [5.41, 5.74) is 9.33. The van der Waals surface area contributed by atoms with Crippen LogP contribution in [0.4, 0.5) is 0 Å². The van der Waals surface area contributed by atoms with Gasteiger partial charge in [0.15, 0.2) is 0 Å². The van der Waals surface area contributed by atoms with Gasteiger partial charge in [-0.05, 0) is 81.6 Å². The van der Waals surface area contributed by atoms with Gasteiger partial charge in [-0.3, -0.25) is 0 Å². The zero-order valence-electron chi connectivity index (χ0n) is 16.2. The largest absolute Gasteiger partial charge is 0.115 e. The lowest BCUT2D eigenvalue weighted by Gasteiger charge is -2.14. The van der Waals surface area contributed by atoms with Crippen LogP contribution in [0.2, 0.25) is 0 Å². The van der Waals surface area contributed by atoms with Crippen LogP contribution < -0.4 is 0 Å². The molecule has 0 aromatic heterocycles.